The first kappa shape index (κ1) is 24.1. The van der Waals surface area contributed by atoms with Gasteiger partial charge in [-0.05, 0) is 81.1 Å². The van der Waals surface area contributed by atoms with E-state index in [1.807, 2.05) is 0 Å². The van der Waals surface area contributed by atoms with Crippen molar-refractivity contribution in [3.8, 4) is 0 Å². The van der Waals surface area contributed by atoms with Crippen molar-refractivity contribution in [1.29, 1.82) is 0 Å². The summed E-state index contributed by atoms with van der Waals surface area (Å²) in [5, 5.41) is 0.368. The van der Waals surface area contributed by atoms with E-state index < -0.39 is 16.6 Å². The summed E-state index contributed by atoms with van der Waals surface area (Å²) in [5.41, 5.74) is 0. The Labute approximate surface area is 163 Å². The Kier molecular flexibility index (Phi) is 8.54. The minimum atomic E-state index is -1.87. The monoisotopic (exact) mass is 486 g/mol. The maximum Gasteiger partial charge on any atom is 0.193 e. The molecule has 0 aliphatic heterocycles. The van der Waals surface area contributed by atoms with E-state index in [1.54, 1.807) is 0 Å². The van der Waals surface area contributed by atoms with Gasteiger partial charge in [-0.25, -0.2) is 0 Å². The molecule has 0 saturated carbocycles. The smallest absolute Gasteiger partial charge is 0.193 e. The highest BCUT2D eigenvalue weighted by Gasteiger charge is 2.43. The van der Waals surface area contributed by atoms with E-state index in [0.717, 1.165) is 3.39 Å². The van der Waals surface area contributed by atoms with Gasteiger partial charge in [-0.2, -0.15) is 0 Å². The van der Waals surface area contributed by atoms with E-state index >= 15 is 0 Å². The van der Waals surface area contributed by atoms with Crippen molar-refractivity contribution in [2.24, 2.45) is 0 Å². The van der Waals surface area contributed by atoms with Crippen molar-refractivity contribution in [2.75, 3.05) is 0 Å². The van der Waals surface area contributed by atoms with Gasteiger partial charge in [-0.1, -0.05) is 41.5 Å². The summed E-state index contributed by atoms with van der Waals surface area (Å²) in [4.78, 5) is 0. The van der Waals surface area contributed by atoms with Gasteiger partial charge in [0.2, 0.25) is 0 Å². The molecule has 0 bridgehead atoms. The van der Waals surface area contributed by atoms with Crippen LogP contribution in [0.15, 0.2) is 9.47 Å². The van der Waals surface area contributed by atoms with Crippen LogP contribution in [0.4, 0.5) is 0 Å². The Hall–Kier alpha value is 1.05. The molecule has 0 aromatic carbocycles. The van der Waals surface area contributed by atoms with E-state index in [2.05, 4.69) is 113 Å². The molecule has 0 aromatic heterocycles. The van der Waals surface area contributed by atoms with Gasteiger partial charge in [0, 0.05) is 0 Å². The third-order valence-corrected chi connectivity index (χ3v) is 14.9. The van der Waals surface area contributed by atoms with E-state index in [-0.39, 0.29) is 22.3 Å². The second kappa shape index (κ2) is 8.17. The number of halogens is 2. The zero-order chi connectivity index (χ0) is 18.9. The minimum absolute atomic E-state index is 0.0233. The number of hydrogen-bond acceptors (Lipinski definition) is 2. The molecule has 0 aliphatic rings. The Morgan fingerprint density at radius 3 is 1.48 bits per heavy atom. The van der Waals surface area contributed by atoms with Crippen molar-refractivity contribution in [1.82, 2.24) is 0 Å². The fourth-order valence-electron chi connectivity index (χ4n) is 1.62. The normalized spacial score (nSPS) is 16.9. The molecule has 2 atom stereocenters. The van der Waals surface area contributed by atoms with Crippen LogP contribution in [0.2, 0.25) is 36.3 Å². The second-order valence-electron chi connectivity index (χ2n) is 9.38. The molecule has 2 nitrogen and oxygen atoms in total. The van der Waals surface area contributed by atoms with Crippen LogP contribution in [0, 0.1) is 0 Å². The first-order valence-electron chi connectivity index (χ1n) is 8.29. The molecular formula is C17H36Br2O2Si2. The summed E-state index contributed by atoms with van der Waals surface area (Å²) in [5.74, 6) is 0. The number of hydrogen-bond donors (Lipinski definition) is 0. The van der Waals surface area contributed by atoms with Crippen LogP contribution in [-0.4, -0.2) is 28.8 Å². The van der Waals surface area contributed by atoms with Crippen LogP contribution in [0.5, 0.6) is 0 Å². The Morgan fingerprint density at radius 2 is 1.17 bits per heavy atom. The molecule has 0 rings (SSSR count). The molecule has 138 valence electrons. The van der Waals surface area contributed by atoms with Gasteiger partial charge in [0.1, 0.15) is 0 Å². The summed E-state index contributed by atoms with van der Waals surface area (Å²) >= 11 is 6.98. The first-order valence-corrected chi connectivity index (χ1v) is 15.7. The van der Waals surface area contributed by atoms with Crippen molar-refractivity contribution in [3.63, 3.8) is 0 Å². The molecule has 0 aliphatic carbocycles. The van der Waals surface area contributed by atoms with Crippen molar-refractivity contribution in [2.45, 2.75) is 96.9 Å². The van der Waals surface area contributed by atoms with E-state index in [1.165, 1.54) is 0 Å². The quantitative estimate of drug-likeness (QED) is 0.362. The van der Waals surface area contributed by atoms with Crippen LogP contribution in [0.3, 0.4) is 0 Å². The zero-order valence-electron chi connectivity index (χ0n) is 16.8. The first-order chi connectivity index (χ1) is 9.91. The molecule has 0 amide bonds. The Balaban J connectivity index is 5.40. The van der Waals surface area contributed by atoms with E-state index in [4.69, 9.17) is 8.85 Å². The van der Waals surface area contributed by atoms with Crippen LogP contribution in [0.1, 0.15) is 48.5 Å². The molecule has 0 unspecified atom stereocenters. The van der Waals surface area contributed by atoms with Gasteiger partial charge in [0.15, 0.2) is 16.6 Å². The third-order valence-electron chi connectivity index (χ3n) is 5.28. The highest BCUT2D eigenvalue weighted by Crippen LogP contribution is 2.40. The van der Waals surface area contributed by atoms with Gasteiger partial charge < -0.3 is 8.85 Å². The van der Waals surface area contributed by atoms with E-state index in [0.29, 0.717) is 0 Å². The summed E-state index contributed by atoms with van der Waals surface area (Å²) in [6.07, 6.45) is 2.05. The van der Waals surface area contributed by atoms with Crippen LogP contribution in [0.25, 0.3) is 0 Å². The van der Waals surface area contributed by atoms with Gasteiger partial charge in [0.05, 0.1) is 15.6 Å². The largest absolute Gasteiger partial charge is 0.411 e. The standard InChI is InChI=1S/C17H36Br2O2Si2/c1-13(20-22(8,9)16(2,3)4)14(12-15(18)19)21-23(10,11)17(5,6)7/h12-14H,1-11H3/t13-,14-/m0/s1. The van der Waals surface area contributed by atoms with Gasteiger partial charge in [-0.15, -0.1) is 0 Å². The van der Waals surface area contributed by atoms with E-state index in [9.17, 15) is 0 Å². The van der Waals surface area contributed by atoms with Gasteiger partial charge in [0.25, 0.3) is 0 Å². The molecule has 0 aromatic rings. The molecule has 0 radical (unpaired) electrons. The Bertz CT molecular complexity index is 417. The summed E-state index contributed by atoms with van der Waals surface area (Å²) < 4.78 is 14.1. The predicted octanol–water partition coefficient (Wildman–Crippen LogP) is 7.42. The highest BCUT2D eigenvalue weighted by molar-refractivity contribution is 9.28. The number of rotatable bonds is 6. The fourth-order valence-corrected chi connectivity index (χ4v) is 4.85. The van der Waals surface area contributed by atoms with Crippen LogP contribution < -0.4 is 0 Å². The molecular weight excluding hydrogens is 452 g/mol. The average molecular weight is 488 g/mol. The molecule has 0 spiro atoms. The fraction of sp³-hybridized carbons (Fsp3) is 0.882. The predicted molar refractivity (Wildman–Crippen MR) is 116 cm³/mol. The van der Waals surface area contributed by atoms with Gasteiger partial charge in [-0.3, -0.25) is 0 Å². The Morgan fingerprint density at radius 1 is 0.826 bits per heavy atom. The van der Waals surface area contributed by atoms with Crippen molar-refractivity contribution in [3.05, 3.63) is 9.47 Å². The summed E-state index contributed by atoms with van der Waals surface area (Å²) in [6, 6.07) is 0. The van der Waals surface area contributed by atoms with Crippen LogP contribution in [-0.2, 0) is 8.85 Å². The lowest BCUT2D eigenvalue weighted by atomic mass is 10.2. The lowest BCUT2D eigenvalue weighted by Gasteiger charge is -2.43. The van der Waals surface area contributed by atoms with Gasteiger partial charge >= 0.3 is 0 Å². The minimum Gasteiger partial charge on any atom is -0.411 e. The molecule has 0 fully saturated rings. The van der Waals surface area contributed by atoms with Crippen molar-refractivity contribution >= 4 is 48.5 Å². The summed E-state index contributed by atoms with van der Waals surface area (Å²) in [7, 11) is -3.70. The molecule has 6 heteroatoms. The average Bonchev–Trinajstić information content (AvgIpc) is 2.22. The highest BCUT2D eigenvalue weighted by atomic mass is 79.9. The topological polar surface area (TPSA) is 18.5 Å². The maximum absolute atomic E-state index is 6.63. The maximum atomic E-state index is 6.63. The molecule has 0 saturated heterocycles. The zero-order valence-corrected chi connectivity index (χ0v) is 22.0. The third kappa shape index (κ3) is 7.44. The molecule has 0 N–H and O–H groups in total. The lowest BCUT2D eigenvalue weighted by molar-refractivity contribution is 0.0758. The SMILES string of the molecule is C[C@H](O[Si](C)(C)C(C)(C)C)[C@H](C=C(Br)Br)O[Si](C)(C)C(C)(C)C. The lowest BCUT2D eigenvalue weighted by Crippen LogP contribution is -2.50. The van der Waals surface area contributed by atoms with Crippen molar-refractivity contribution < 1.29 is 8.85 Å². The molecule has 23 heavy (non-hydrogen) atoms. The molecule has 0 heterocycles. The second-order valence-corrected chi connectivity index (χ2v) is 21.7. The van der Waals surface area contributed by atoms with Crippen LogP contribution >= 0.6 is 31.9 Å². The summed E-state index contributed by atoms with van der Waals surface area (Å²) in [6.45, 7) is 24.9.